The van der Waals surface area contributed by atoms with Gasteiger partial charge < -0.3 is 20.0 Å². The zero-order valence-electron chi connectivity index (χ0n) is 19.9. The number of amides is 1. The quantitative estimate of drug-likeness (QED) is 0.529. The van der Waals surface area contributed by atoms with E-state index in [9.17, 15) is 18.0 Å². The molecule has 3 rings (SSSR count). The van der Waals surface area contributed by atoms with Gasteiger partial charge in [0.2, 0.25) is 0 Å². The van der Waals surface area contributed by atoms with E-state index in [1.165, 1.54) is 18.2 Å². The summed E-state index contributed by atoms with van der Waals surface area (Å²) in [6, 6.07) is 12.3. The number of carbonyl (C=O) groups is 1. The van der Waals surface area contributed by atoms with Gasteiger partial charge in [0.1, 0.15) is 0 Å². The zero-order chi connectivity index (χ0) is 25.2. The maximum Gasteiger partial charge on any atom is 0.418 e. The lowest BCUT2D eigenvalue weighted by Gasteiger charge is -2.42. The molecule has 2 aromatic carbocycles. The topological polar surface area (TPSA) is 38.8 Å². The standard InChI is InChI=1S/C25H29F3N4OS/c1-6-32(7-2)18-14-12-17(13-15-18)22-21(16(3)30(4)24(34)31(22)5)23(33)29-20-11-9-8-10-19(20)25(26,27)28/h8-15,22H,6-7H2,1-5H3,(H,29,33). The van der Waals surface area contributed by atoms with Crippen LogP contribution in [0.4, 0.5) is 24.5 Å². The first-order valence-corrected chi connectivity index (χ1v) is 11.5. The molecular formula is C25H29F3N4OS. The van der Waals surface area contributed by atoms with E-state index in [0.29, 0.717) is 16.4 Å². The molecule has 5 nitrogen and oxygen atoms in total. The predicted octanol–water partition coefficient (Wildman–Crippen LogP) is 5.67. The van der Waals surface area contributed by atoms with Gasteiger partial charge in [-0.15, -0.1) is 0 Å². The van der Waals surface area contributed by atoms with Crippen molar-refractivity contribution in [2.75, 3.05) is 37.4 Å². The lowest BCUT2D eigenvalue weighted by atomic mass is 9.92. The molecular weight excluding hydrogens is 461 g/mol. The van der Waals surface area contributed by atoms with Crippen molar-refractivity contribution in [2.24, 2.45) is 0 Å². The maximum atomic E-state index is 13.5. The summed E-state index contributed by atoms with van der Waals surface area (Å²) in [7, 11) is 3.52. The second-order valence-corrected chi connectivity index (χ2v) is 8.48. The summed E-state index contributed by atoms with van der Waals surface area (Å²) in [6.45, 7) is 7.63. The van der Waals surface area contributed by atoms with Crippen LogP contribution in [0.15, 0.2) is 59.8 Å². The Morgan fingerprint density at radius 1 is 1.06 bits per heavy atom. The number of nitrogens with one attached hydrogen (secondary N) is 1. The van der Waals surface area contributed by atoms with Crippen molar-refractivity contribution in [1.82, 2.24) is 9.80 Å². The molecule has 0 aliphatic carbocycles. The summed E-state index contributed by atoms with van der Waals surface area (Å²) in [4.78, 5) is 19.2. The summed E-state index contributed by atoms with van der Waals surface area (Å²) in [6.07, 6.45) is -4.59. The molecule has 9 heteroatoms. The van der Waals surface area contributed by atoms with Gasteiger partial charge in [0, 0.05) is 38.6 Å². The van der Waals surface area contributed by atoms with Gasteiger partial charge in [-0.2, -0.15) is 13.2 Å². The molecule has 1 amide bonds. The molecule has 1 aliphatic heterocycles. The number of benzene rings is 2. The molecule has 34 heavy (non-hydrogen) atoms. The minimum Gasteiger partial charge on any atom is -0.372 e. The molecule has 0 spiro atoms. The number of hydrogen-bond donors (Lipinski definition) is 1. The largest absolute Gasteiger partial charge is 0.418 e. The van der Waals surface area contributed by atoms with E-state index in [2.05, 4.69) is 24.1 Å². The Kier molecular flexibility index (Phi) is 7.55. The van der Waals surface area contributed by atoms with Crippen molar-refractivity contribution in [3.8, 4) is 0 Å². The first-order chi connectivity index (χ1) is 16.0. The number of rotatable bonds is 6. The third-order valence-electron chi connectivity index (χ3n) is 6.21. The number of thiocarbonyl (C=S) groups is 1. The fourth-order valence-electron chi connectivity index (χ4n) is 4.23. The number of halogens is 3. The number of carbonyl (C=O) groups excluding carboxylic acids is 1. The van der Waals surface area contributed by atoms with Crippen molar-refractivity contribution >= 4 is 34.6 Å². The average molecular weight is 491 g/mol. The zero-order valence-corrected chi connectivity index (χ0v) is 20.7. The van der Waals surface area contributed by atoms with Crippen molar-refractivity contribution < 1.29 is 18.0 Å². The summed E-state index contributed by atoms with van der Waals surface area (Å²) in [5.41, 5.74) is 1.62. The molecule has 1 heterocycles. The second-order valence-electron chi connectivity index (χ2n) is 8.12. The Morgan fingerprint density at radius 2 is 1.65 bits per heavy atom. The Bertz CT molecular complexity index is 1090. The molecule has 1 aliphatic rings. The molecule has 2 aromatic rings. The lowest BCUT2D eigenvalue weighted by molar-refractivity contribution is -0.137. The van der Waals surface area contributed by atoms with Crippen molar-refractivity contribution in [3.63, 3.8) is 0 Å². The van der Waals surface area contributed by atoms with Gasteiger partial charge in [-0.05, 0) is 62.8 Å². The average Bonchev–Trinajstić information content (AvgIpc) is 2.81. The van der Waals surface area contributed by atoms with Gasteiger partial charge in [0.05, 0.1) is 22.9 Å². The van der Waals surface area contributed by atoms with Crippen LogP contribution in [-0.4, -0.2) is 48.0 Å². The Labute approximate surface area is 203 Å². The Hall–Kier alpha value is -3.07. The Balaban J connectivity index is 2.04. The predicted molar refractivity (Wildman–Crippen MR) is 134 cm³/mol. The SMILES string of the molecule is CCN(CC)c1ccc(C2C(C(=O)Nc3ccccc3C(F)(F)F)=C(C)N(C)C(=S)N2C)cc1. The number of nitrogens with zero attached hydrogens (tertiary/aromatic N) is 3. The van der Waals surface area contributed by atoms with Gasteiger partial charge in [-0.25, -0.2) is 0 Å². The molecule has 1 unspecified atom stereocenters. The molecule has 0 saturated heterocycles. The van der Waals surface area contributed by atoms with Crippen LogP contribution in [0, 0.1) is 0 Å². The summed E-state index contributed by atoms with van der Waals surface area (Å²) in [5, 5.41) is 3.02. The van der Waals surface area contributed by atoms with Gasteiger partial charge in [0.25, 0.3) is 5.91 Å². The van der Waals surface area contributed by atoms with Crippen LogP contribution < -0.4 is 10.2 Å². The number of anilines is 2. The normalized spacial score (nSPS) is 16.7. The number of likely N-dealkylation sites (N-methyl/N-ethyl adjacent to an activating group) is 1. The minimum absolute atomic E-state index is 0.283. The molecule has 0 saturated carbocycles. The van der Waals surface area contributed by atoms with Gasteiger partial charge in [0.15, 0.2) is 5.11 Å². The third-order valence-corrected chi connectivity index (χ3v) is 6.77. The minimum atomic E-state index is -4.59. The van der Waals surface area contributed by atoms with Crippen LogP contribution in [0.5, 0.6) is 0 Å². The number of para-hydroxylation sites is 1. The van der Waals surface area contributed by atoms with Crippen LogP contribution in [-0.2, 0) is 11.0 Å². The van der Waals surface area contributed by atoms with Crippen LogP contribution in [0.2, 0.25) is 0 Å². The molecule has 0 aromatic heterocycles. The summed E-state index contributed by atoms with van der Waals surface area (Å²) in [5.74, 6) is -0.604. The Morgan fingerprint density at radius 3 is 2.21 bits per heavy atom. The van der Waals surface area contributed by atoms with E-state index in [4.69, 9.17) is 12.2 Å². The van der Waals surface area contributed by atoms with E-state index >= 15 is 0 Å². The maximum absolute atomic E-state index is 13.5. The first-order valence-electron chi connectivity index (χ1n) is 11.0. The highest BCUT2D eigenvalue weighted by Gasteiger charge is 2.38. The van der Waals surface area contributed by atoms with E-state index in [0.717, 1.165) is 30.4 Å². The van der Waals surface area contributed by atoms with Crippen LogP contribution in [0.25, 0.3) is 0 Å². The highest BCUT2D eigenvalue weighted by molar-refractivity contribution is 7.80. The molecule has 1 atom stereocenters. The summed E-state index contributed by atoms with van der Waals surface area (Å²) < 4.78 is 40.5. The highest BCUT2D eigenvalue weighted by atomic mass is 32.1. The molecule has 0 fully saturated rings. The first kappa shape index (κ1) is 25.6. The van der Waals surface area contributed by atoms with Gasteiger partial charge in [-0.3, -0.25) is 4.79 Å². The number of hydrogen-bond acceptors (Lipinski definition) is 3. The van der Waals surface area contributed by atoms with E-state index < -0.39 is 23.7 Å². The third kappa shape index (κ3) is 4.89. The van der Waals surface area contributed by atoms with Gasteiger partial charge in [-0.1, -0.05) is 24.3 Å². The van der Waals surface area contributed by atoms with Crippen molar-refractivity contribution in [3.05, 3.63) is 70.9 Å². The monoisotopic (exact) mass is 490 g/mol. The van der Waals surface area contributed by atoms with Crippen LogP contribution in [0.3, 0.4) is 0 Å². The van der Waals surface area contributed by atoms with E-state index in [1.54, 1.807) is 30.8 Å². The van der Waals surface area contributed by atoms with Crippen LogP contribution >= 0.6 is 12.2 Å². The molecule has 0 radical (unpaired) electrons. The van der Waals surface area contributed by atoms with E-state index in [1.807, 2.05) is 24.3 Å². The molecule has 1 N–H and O–H groups in total. The number of alkyl halides is 3. The smallest absolute Gasteiger partial charge is 0.372 e. The van der Waals surface area contributed by atoms with E-state index in [-0.39, 0.29) is 5.69 Å². The molecule has 182 valence electrons. The molecule has 0 bridgehead atoms. The fourth-order valence-corrected chi connectivity index (χ4v) is 4.47. The van der Waals surface area contributed by atoms with Gasteiger partial charge >= 0.3 is 6.18 Å². The van der Waals surface area contributed by atoms with Crippen molar-refractivity contribution in [2.45, 2.75) is 33.0 Å². The highest BCUT2D eigenvalue weighted by Crippen LogP contribution is 2.39. The number of allylic oxidation sites excluding steroid dienone is 1. The van der Waals surface area contributed by atoms with Crippen LogP contribution in [0.1, 0.15) is 37.9 Å². The fraction of sp³-hybridized carbons (Fsp3) is 0.360. The van der Waals surface area contributed by atoms with Crippen molar-refractivity contribution in [1.29, 1.82) is 0 Å². The lowest BCUT2D eigenvalue weighted by Crippen LogP contribution is -2.47. The summed E-state index contributed by atoms with van der Waals surface area (Å²) >= 11 is 5.58. The second kappa shape index (κ2) is 10.0.